The average molecular weight is 344 g/mol. The second kappa shape index (κ2) is 13.2. The van der Waals surface area contributed by atoms with Crippen LogP contribution in [0, 0.1) is 0 Å². The van der Waals surface area contributed by atoms with E-state index in [1.807, 2.05) is 0 Å². The zero-order chi connectivity index (χ0) is 16.8. The van der Waals surface area contributed by atoms with E-state index in [0.29, 0.717) is 6.42 Å². The highest BCUT2D eigenvalue weighted by Crippen LogP contribution is 2.10. The Hall–Kier alpha value is -0.480. The van der Waals surface area contributed by atoms with E-state index in [-0.39, 0.29) is 5.75 Å². The molecule has 0 atom stereocenters. The largest absolute Gasteiger partial charge is 0.440 e. The molecule has 0 rings (SSSR count). The van der Waals surface area contributed by atoms with Gasteiger partial charge in [-0.3, -0.25) is 0 Å². The fourth-order valence-electron chi connectivity index (χ4n) is 1.62. The van der Waals surface area contributed by atoms with Gasteiger partial charge < -0.3 is 0 Å². The van der Waals surface area contributed by atoms with E-state index in [9.17, 15) is 30.9 Å². The van der Waals surface area contributed by atoms with E-state index in [1.165, 1.54) is 32.1 Å². The molecule has 0 fully saturated rings. The first-order chi connectivity index (χ1) is 9.62. The molecule has 0 spiro atoms. The number of rotatable bonds is 11. The maximum atomic E-state index is 11.4. The van der Waals surface area contributed by atoms with Gasteiger partial charge in [-0.1, -0.05) is 62.7 Å². The summed E-state index contributed by atoms with van der Waals surface area (Å²) >= 11 is 0. The van der Waals surface area contributed by atoms with Gasteiger partial charge in [-0.05, 0) is 10.9 Å². The predicted octanol–water partition coefficient (Wildman–Crippen LogP) is 5.09. The van der Waals surface area contributed by atoms with Gasteiger partial charge in [0.15, 0.2) is 0 Å². The molecule has 0 N–H and O–H groups in total. The summed E-state index contributed by atoms with van der Waals surface area (Å²) in [6.45, 7) is 2.19. The lowest BCUT2D eigenvalue weighted by Crippen LogP contribution is -2.05. The zero-order valence-electron chi connectivity index (χ0n) is 12.0. The lowest BCUT2D eigenvalue weighted by atomic mass is 10.1. The van der Waals surface area contributed by atoms with Crippen LogP contribution in [0.15, 0.2) is 0 Å². The Labute approximate surface area is 122 Å². The summed E-state index contributed by atoms with van der Waals surface area (Å²) in [6, 6.07) is 0. The van der Waals surface area contributed by atoms with Crippen LogP contribution in [0.2, 0.25) is 0 Å². The van der Waals surface area contributed by atoms with Crippen molar-refractivity contribution in [2.45, 2.75) is 64.7 Å². The smallest absolute Gasteiger partial charge is 0.197 e. The molecule has 0 aromatic rings. The minimum Gasteiger partial charge on any atom is -0.197 e. The Bertz CT molecular complexity index is 316. The highest BCUT2D eigenvalue weighted by atomic mass is 32.2. The topological polar surface area (TPSA) is 43.4 Å². The maximum Gasteiger partial charge on any atom is 0.440 e. The number of unbranched alkanes of at least 4 members (excludes halogenated alkanes) is 8. The third kappa shape index (κ3) is 28.4. The summed E-state index contributed by atoms with van der Waals surface area (Å²) < 4.78 is 74.0. The van der Waals surface area contributed by atoms with Crippen LogP contribution in [-0.4, -0.2) is 19.5 Å². The molecule has 0 unspecified atom stereocenters. The van der Waals surface area contributed by atoms with Gasteiger partial charge in [0.1, 0.15) is 17.9 Å². The Balaban J connectivity index is 0. The van der Waals surface area contributed by atoms with Gasteiger partial charge in [0.05, 0.1) is 5.75 Å². The highest BCUT2D eigenvalue weighted by Gasteiger charge is 2.30. The van der Waals surface area contributed by atoms with E-state index < -0.39 is 15.5 Å². The van der Waals surface area contributed by atoms with Crippen molar-refractivity contribution >= 4 is 10.1 Å². The van der Waals surface area contributed by atoms with Crippen molar-refractivity contribution in [3.05, 3.63) is 0 Å². The van der Waals surface area contributed by atoms with Crippen LogP contribution in [0.5, 0.6) is 0 Å². The van der Waals surface area contributed by atoms with Gasteiger partial charge in [0.2, 0.25) is 0 Å². The standard InChI is InChI=1S/C11H23FO3S.F4N/c1-2-3-4-5-6-7-8-9-10-11-16(13,14)15-12;1-5(2,3)4/h2-11H2,1H3;/q;+1. The van der Waals surface area contributed by atoms with E-state index in [2.05, 4.69) is 11.3 Å². The van der Waals surface area contributed by atoms with Crippen molar-refractivity contribution in [1.82, 2.24) is 0 Å². The Kier molecular flexibility index (Phi) is 14.3. The number of halogens is 5. The SMILES string of the molecule is CCCCCCCCCCCS(=O)(=O)OF.F[N+](F)(F)F. The van der Waals surface area contributed by atoms with Crippen molar-refractivity contribution in [2.24, 2.45) is 0 Å². The lowest BCUT2D eigenvalue weighted by molar-refractivity contribution is -1.36. The average Bonchev–Trinajstić information content (AvgIpc) is 2.35. The van der Waals surface area contributed by atoms with E-state index in [4.69, 9.17) is 0 Å². The Morgan fingerprint density at radius 1 is 0.810 bits per heavy atom. The molecule has 0 radical (unpaired) electrons. The van der Waals surface area contributed by atoms with Crippen molar-refractivity contribution in [1.29, 1.82) is 0 Å². The van der Waals surface area contributed by atoms with Gasteiger partial charge in [-0.2, -0.15) is 8.42 Å². The molecule has 0 aromatic carbocycles. The maximum absolute atomic E-state index is 11.4. The predicted molar refractivity (Wildman–Crippen MR) is 67.9 cm³/mol. The third-order valence-electron chi connectivity index (χ3n) is 2.59. The van der Waals surface area contributed by atoms with Crippen molar-refractivity contribution in [3.63, 3.8) is 0 Å². The number of quaternary nitrogens is 1. The van der Waals surface area contributed by atoms with Crippen molar-refractivity contribution < 1.29 is 40.6 Å². The second-order valence-electron chi connectivity index (χ2n) is 4.54. The molecule has 10 heteroatoms. The van der Waals surface area contributed by atoms with Crippen LogP contribution in [0.3, 0.4) is 0 Å². The Morgan fingerprint density at radius 3 is 1.48 bits per heavy atom. The molecule has 130 valence electrons. The van der Waals surface area contributed by atoms with Crippen LogP contribution in [-0.2, 0) is 14.5 Å². The molecule has 21 heavy (non-hydrogen) atoms. The molecule has 0 aromatic heterocycles. The number of nitrogens with zero attached hydrogens (tertiary/aromatic N) is 1. The molecule has 0 saturated carbocycles. The van der Waals surface area contributed by atoms with Gasteiger partial charge >= 0.3 is 5.37 Å². The van der Waals surface area contributed by atoms with Crippen LogP contribution < -0.4 is 0 Å². The summed E-state index contributed by atoms with van der Waals surface area (Å²) in [6.07, 6.45) is 9.80. The van der Waals surface area contributed by atoms with Gasteiger partial charge in [0, 0.05) is 0 Å². The Morgan fingerprint density at radius 2 is 1.14 bits per heavy atom. The lowest BCUT2D eigenvalue weighted by Gasteiger charge is -2.01. The highest BCUT2D eigenvalue weighted by molar-refractivity contribution is 7.86. The quantitative estimate of drug-likeness (QED) is 0.298. The minimum atomic E-state index is -5.00. The summed E-state index contributed by atoms with van der Waals surface area (Å²) in [5.41, 5.74) is 0. The zero-order valence-corrected chi connectivity index (χ0v) is 12.9. The normalized spacial score (nSPS) is 11.9. The first-order valence-electron chi connectivity index (χ1n) is 6.83. The van der Waals surface area contributed by atoms with Gasteiger partial charge in [-0.25, -0.2) is 0 Å². The molecule has 0 aliphatic rings. The van der Waals surface area contributed by atoms with Crippen molar-refractivity contribution in [2.75, 3.05) is 5.75 Å². The number of hydrogen-bond donors (Lipinski definition) is 0. The fourth-order valence-corrected chi connectivity index (χ4v) is 2.24. The summed E-state index contributed by atoms with van der Waals surface area (Å²) in [5.74, 6) is -0.209. The van der Waals surface area contributed by atoms with Crippen LogP contribution in [0.4, 0.5) is 22.5 Å². The monoisotopic (exact) mass is 344 g/mol. The summed E-state index contributed by atoms with van der Waals surface area (Å²) in [5, 5.41) is -5.00. The number of hydrogen-bond acceptors (Lipinski definition) is 3. The first kappa shape index (κ1) is 22.8. The molecular weight excluding hydrogens is 321 g/mol. The molecule has 0 aliphatic carbocycles. The third-order valence-corrected chi connectivity index (χ3v) is 3.57. The molecule has 0 heterocycles. The van der Waals surface area contributed by atoms with E-state index in [0.717, 1.165) is 19.3 Å². The molecule has 0 saturated heterocycles. The molecule has 0 bridgehead atoms. The fraction of sp³-hybridized carbons (Fsp3) is 1.00. The van der Waals surface area contributed by atoms with E-state index in [1.54, 1.807) is 0 Å². The second-order valence-corrected chi connectivity index (χ2v) is 6.19. The van der Waals surface area contributed by atoms with Crippen LogP contribution in [0.25, 0.3) is 0 Å². The molecular formula is C11H23F5NO3S+. The summed E-state index contributed by atoms with van der Waals surface area (Å²) in [4.78, 5) is 0. The minimum absolute atomic E-state index is 0.209. The van der Waals surface area contributed by atoms with Gasteiger partial charge in [-0.15, -0.1) is 0 Å². The van der Waals surface area contributed by atoms with Crippen LogP contribution >= 0.6 is 0 Å². The summed E-state index contributed by atoms with van der Waals surface area (Å²) in [7, 11) is -3.89. The van der Waals surface area contributed by atoms with Crippen LogP contribution in [0.1, 0.15) is 64.7 Å². The molecule has 0 amide bonds. The van der Waals surface area contributed by atoms with E-state index >= 15 is 0 Å². The molecule has 0 aliphatic heterocycles. The van der Waals surface area contributed by atoms with Crippen molar-refractivity contribution in [3.8, 4) is 0 Å². The van der Waals surface area contributed by atoms with Gasteiger partial charge in [0.25, 0.3) is 10.1 Å². The first-order valence-corrected chi connectivity index (χ1v) is 8.40. The molecule has 4 nitrogen and oxygen atoms in total.